The molecule has 3 aromatic rings. The lowest BCUT2D eigenvalue weighted by Gasteiger charge is -2.19. The maximum absolute atomic E-state index is 13.2. The minimum absolute atomic E-state index is 0.0237. The van der Waals surface area contributed by atoms with Crippen LogP contribution < -0.4 is 14.2 Å². The lowest BCUT2D eigenvalue weighted by atomic mass is 9.92. The van der Waals surface area contributed by atoms with Crippen molar-refractivity contribution in [2.75, 3.05) is 20.8 Å². The van der Waals surface area contributed by atoms with Crippen molar-refractivity contribution < 1.29 is 24.1 Å². The van der Waals surface area contributed by atoms with Crippen LogP contribution in [0.3, 0.4) is 0 Å². The summed E-state index contributed by atoms with van der Waals surface area (Å²) in [7, 11) is 3.07. The van der Waals surface area contributed by atoms with Crippen LogP contribution in [-0.4, -0.2) is 37.4 Å². The number of aromatic hydroxyl groups is 1. The van der Waals surface area contributed by atoms with Crippen LogP contribution in [0, 0.1) is 0 Å². The van der Waals surface area contributed by atoms with E-state index in [4.69, 9.17) is 14.2 Å². The molecule has 0 amide bonds. The standard InChI is InChI=1S/C25H23NO5/c1-29-21-9-8-18(13-23(21)30-2)25(28)24-19-14-20(27)22(12-17(19)10-11-26-24)31-15-16-6-4-3-5-7-16/h3-9,12-14,27H,10-11,15H2,1-2H3. The van der Waals surface area contributed by atoms with E-state index < -0.39 is 0 Å². The largest absolute Gasteiger partial charge is 0.504 e. The molecule has 0 unspecified atom stereocenters. The number of ketones is 1. The van der Waals surface area contributed by atoms with Crippen LogP contribution >= 0.6 is 0 Å². The van der Waals surface area contributed by atoms with Gasteiger partial charge in [-0.1, -0.05) is 30.3 Å². The summed E-state index contributed by atoms with van der Waals surface area (Å²) in [5.41, 5.74) is 3.30. The van der Waals surface area contributed by atoms with E-state index in [0.29, 0.717) is 53.7 Å². The molecule has 0 radical (unpaired) electrons. The third-order valence-electron chi connectivity index (χ3n) is 5.19. The molecule has 0 atom stereocenters. The summed E-state index contributed by atoms with van der Waals surface area (Å²) in [6, 6.07) is 18.1. The molecule has 3 aromatic carbocycles. The van der Waals surface area contributed by atoms with Crippen molar-refractivity contribution in [1.82, 2.24) is 0 Å². The molecule has 0 aliphatic carbocycles. The number of phenolic OH excluding ortho intramolecular Hbond substituents is 1. The highest BCUT2D eigenvalue weighted by Gasteiger charge is 2.25. The van der Waals surface area contributed by atoms with E-state index in [0.717, 1.165) is 11.1 Å². The van der Waals surface area contributed by atoms with Gasteiger partial charge in [0.15, 0.2) is 23.0 Å². The first-order valence-electron chi connectivity index (χ1n) is 9.95. The summed E-state index contributed by atoms with van der Waals surface area (Å²) in [5.74, 6) is 1.14. The molecule has 0 spiro atoms. The van der Waals surface area contributed by atoms with Crippen LogP contribution in [0.25, 0.3) is 0 Å². The zero-order valence-electron chi connectivity index (χ0n) is 17.4. The van der Waals surface area contributed by atoms with Crippen molar-refractivity contribution >= 4 is 11.5 Å². The zero-order chi connectivity index (χ0) is 21.8. The molecule has 1 aliphatic heterocycles. The van der Waals surface area contributed by atoms with Crippen LogP contribution in [0.4, 0.5) is 0 Å². The van der Waals surface area contributed by atoms with Crippen LogP contribution in [0.1, 0.15) is 27.0 Å². The van der Waals surface area contributed by atoms with Crippen LogP contribution in [-0.2, 0) is 13.0 Å². The number of methoxy groups -OCH3 is 2. The molecular formula is C25H23NO5. The molecule has 0 fully saturated rings. The molecule has 0 bridgehead atoms. The van der Waals surface area contributed by atoms with Gasteiger partial charge < -0.3 is 19.3 Å². The van der Waals surface area contributed by atoms with Crippen molar-refractivity contribution in [2.24, 2.45) is 4.99 Å². The van der Waals surface area contributed by atoms with Crippen molar-refractivity contribution in [3.05, 3.63) is 82.9 Å². The Hall–Kier alpha value is -3.80. The minimum Gasteiger partial charge on any atom is -0.504 e. The minimum atomic E-state index is -0.237. The molecule has 6 nitrogen and oxygen atoms in total. The van der Waals surface area contributed by atoms with Gasteiger partial charge in [-0.15, -0.1) is 0 Å². The molecular weight excluding hydrogens is 394 g/mol. The Bertz CT molecular complexity index is 1140. The summed E-state index contributed by atoms with van der Waals surface area (Å²) < 4.78 is 16.4. The summed E-state index contributed by atoms with van der Waals surface area (Å²) in [6.07, 6.45) is 0.667. The fourth-order valence-corrected chi connectivity index (χ4v) is 3.57. The molecule has 1 N–H and O–H groups in total. The number of hydrogen-bond donors (Lipinski definition) is 1. The van der Waals surface area contributed by atoms with Crippen LogP contribution in [0.5, 0.6) is 23.0 Å². The second-order valence-electron chi connectivity index (χ2n) is 7.13. The van der Waals surface area contributed by atoms with Crippen molar-refractivity contribution in [2.45, 2.75) is 13.0 Å². The first-order chi connectivity index (χ1) is 15.1. The highest BCUT2D eigenvalue weighted by molar-refractivity contribution is 6.52. The average Bonchev–Trinajstić information content (AvgIpc) is 2.82. The van der Waals surface area contributed by atoms with Crippen LogP contribution in [0.15, 0.2) is 65.7 Å². The fourth-order valence-electron chi connectivity index (χ4n) is 3.57. The number of rotatable bonds is 7. The first-order valence-corrected chi connectivity index (χ1v) is 9.95. The molecule has 1 heterocycles. The Morgan fingerprint density at radius 3 is 2.48 bits per heavy atom. The molecule has 0 saturated carbocycles. The van der Waals surface area contributed by atoms with Gasteiger partial charge in [-0.25, -0.2) is 0 Å². The molecule has 4 rings (SSSR count). The number of phenols is 1. The van der Waals surface area contributed by atoms with Gasteiger partial charge in [0.1, 0.15) is 12.3 Å². The average molecular weight is 417 g/mol. The van der Waals surface area contributed by atoms with E-state index in [1.54, 1.807) is 37.4 Å². The van der Waals surface area contributed by atoms with E-state index >= 15 is 0 Å². The van der Waals surface area contributed by atoms with E-state index in [1.807, 2.05) is 30.3 Å². The van der Waals surface area contributed by atoms with Gasteiger partial charge in [-0.2, -0.15) is 0 Å². The van der Waals surface area contributed by atoms with Crippen molar-refractivity contribution in [3.63, 3.8) is 0 Å². The lowest BCUT2D eigenvalue weighted by molar-refractivity contribution is 0.106. The summed E-state index contributed by atoms with van der Waals surface area (Å²) in [5, 5.41) is 10.5. The maximum atomic E-state index is 13.2. The third-order valence-corrected chi connectivity index (χ3v) is 5.19. The van der Waals surface area contributed by atoms with E-state index in [2.05, 4.69) is 4.99 Å². The Morgan fingerprint density at radius 2 is 1.74 bits per heavy atom. The van der Waals surface area contributed by atoms with Gasteiger partial charge in [0.2, 0.25) is 5.78 Å². The van der Waals surface area contributed by atoms with Gasteiger partial charge in [0, 0.05) is 17.7 Å². The SMILES string of the molecule is COc1ccc(C(=O)C2=NCCc3cc(OCc4ccccc4)c(O)cc32)cc1OC. The third kappa shape index (κ3) is 4.23. The predicted molar refractivity (Wildman–Crippen MR) is 118 cm³/mol. The molecule has 1 aliphatic rings. The number of Topliss-reactive ketones (excluding diaryl/α,β-unsaturated/α-hetero) is 1. The Morgan fingerprint density at radius 1 is 0.968 bits per heavy atom. The topological polar surface area (TPSA) is 77.4 Å². The number of ether oxygens (including phenoxy) is 3. The molecule has 31 heavy (non-hydrogen) atoms. The summed E-state index contributed by atoms with van der Waals surface area (Å²) in [4.78, 5) is 17.6. The number of hydrogen-bond acceptors (Lipinski definition) is 6. The monoisotopic (exact) mass is 417 g/mol. The number of aliphatic imine (C=N–C) groups is 1. The number of carbonyl (C=O) groups excluding carboxylic acids is 1. The molecule has 0 saturated heterocycles. The predicted octanol–water partition coefficient (Wildman–Crippen LogP) is 4.22. The maximum Gasteiger partial charge on any atom is 0.211 e. The van der Waals surface area contributed by atoms with Gasteiger partial charge in [-0.05, 0) is 47.9 Å². The fraction of sp³-hybridized carbons (Fsp3) is 0.200. The number of carbonyl (C=O) groups is 1. The Balaban J connectivity index is 1.61. The van der Waals surface area contributed by atoms with Gasteiger partial charge >= 0.3 is 0 Å². The molecule has 6 heteroatoms. The van der Waals surface area contributed by atoms with E-state index in [9.17, 15) is 9.90 Å². The highest BCUT2D eigenvalue weighted by atomic mass is 16.5. The summed E-state index contributed by atoms with van der Waals surface area (Å²) >= 11 is 0. The number of fused-ring (bicyclic) bond motifs is 1. The second kappa shape index (κ2) is 8.92. The quantitative estimate of drug-likeness (QED) is 0.583. The Kier molecular flexibility index (Phi) is 5.89. The van der Waals surface area contributed by atoms with Gasteiger partial charge in [-0.3, -0.25) is 9.79 Å². The van der Waals surface area contributed by atoms with Gasteiger partial charge in [0.25, 0.3) is 0 Å². The first kappa shape index (κ1) is 20.5. The summed E-state index contributed by atoms with van der Waals surface area (Å²) in [6.45, 7) is 0.836. The van der Waals surface area contributed by atoms with Crippen molar-refractivity contribution in [1.29, 1.82) is 0 Å². The lowest BCUT2D eigenvalue weighted by Crippen LogP contribution is -2.22. The molecule has 158 valence electrons. The van der Waals surface area contributed by atoms with Crippen molar-refractivity contribution in [3.8, 4) is 23.0 Å². The number of benzene rings is 3. The van der Waals surface area contributed by atoms with E-state index in [-0.39, 0.29) is 11.5 Å². The Labute approximate surface area is 180 Å². The van der Waals surface area contributed by atoms with Gasteiger partial charge in [0.05, 0.1) is 14.2 Å². The zero-order valence-corrected chi connectivity index (χ0v) is 17.4. The second-order valence-corrected chi connectivity index (χ2v) is 7.13. The van der Waals surface area contributed by atoms with E-state index in [1.165, 1.54) is 7.11 Å². The van der Waals surface area contributed by atoms with Crippen LogP contribution in [0.2, 0.25) is 0 Å². The molecule has 0 aromatic heterocycles. The smallest absolute Gasteiger partial charge is 0.211 e. The number of nitrogens with zero attached hydrogens (tertiary/aromatic N) is 1. The highest BCUT2D eigenvalue weighted by Crippen LogP contribution is 2.34. The normalized spacial score (nSPS) is 12.5.